The molecule has 6 nitrogen and oxygen atoms in total. The van der Waals surface area contributed by atoms with Crippen LogP contribution in [-0.2, 0) is 11.3 Å². The van der Waals surface area contributed by atoms with Gasteiger partial charge in [-0.1, -0.05) is 17.7 Å². The van der Waals surface area contributed by atoms with Gasteiger partial charge in [0.05, 0.1) is 15.5 Å². The summed E-state index contributed by atoms with van der Waals surface area (Å²) in [6.45, 7) is 1.82. The van der Waals surface area contributed by atoms with E-state index in [2.05, 4.69) is 0 Å². The third-order valence-corrected chi connectivity index (χ3v) is 4.09. The van der Waals surface area contributed by atoms with Crippen molar-refractivity contribution < 1.29 is 14.8 Å². The lowest BCUT2D eigenvalue weighted by atomic mass is 9.94. The van der Waals surface area contributed by atoms with E-state index in [4.69, 9.17) is 16.7 Å². The lowest BCUT2D eigenvalue weighted by molar-refractivity contribution is -0.385. The van der Waals surface area contributed by atoms with Gasteiger partial charge in [-0.25, -0.2) is 0 Å². The number of piperidine rings is 1. The van der Waals surface area contributed by atoms with Crippen LogP contribution in [0.2, 0.25) is 5.02 Å². The summed E-state index contributed by atoms with van der Waals surface area (Å²) in [5, 5.41) is 20.3. The highest BCUT2D eigenvalue weighted by Gasteiger charge is 2.25. The summed E-state index contributed by atoms with van der Waals surface area (Å²) in [6.07, 6.45) is 1.92. The number of aliphatic carboxylic acids is 1. The smallest absolute Gasteiger partial charge is 0.303 e. The van der Waals surface area contributed by atoms with Crippen molar-refractivity contribution in [2.45, 2.75) is 25.8 Å². The van der Waals surface area contributed by atoms with E-state index in [0.717, 1.165) is 19.4 Å². The Labute approximate surface area is 127 Å². The summed E-state index contributed by atoms with van der Waals surface area (Å²) in [7, 11) is 0. The Bertz CT molecular complexity index is 550. The second-order valence-corrected chi connectivity index (χ2v) is 5.74. The van der Waals surface area contributed by atoms with Crippen molar-refractivity contribution in [1.29, 1.82) is 0 Å². The fourth-order valence-electron chi connectivity index (χ4n) is 2.81. The molecule has 1 aromatic rings. The van der Waals surface area contributed by atoms with Gasteiger partial charge in [0.2, 0.25) is 0 Å². The molecular weight excluding hydrogens is 296 g/mol. The molecule has 21 heavy (non-hydrogen) atoms. The number of benzene rings is 1. The molecule has 0 aromatic heterocycles. The van der Waals surface area contributed by atoms with Gasteiger partial charge in [0.25, 0.3) is 5.69 Å². The molecule has 2 rings (SSSR count). The Hall–Kier alpha value is -1.66. The summed E-state index contributed by atoms with van der Waals surface area (Å²) >= 11 is 6.09. The molecule has 0 spiro atoms. The predicted molar refractivity (Wildman–Crippen MR) is 78.4 cm³/mol. The van der Waals surface area contributed by atoms with E-state index in [9.17, 15) is 14.9 Å². The molecular formula is C14H17ClN2O4. The Morgan fingerprint density at radius 3 is 2.95 bits per heavy atom. The molecule has 7 heteroatoms. The third-order valence-electron chi connectivity index (χ3n) is 3.74. The maximum Gasteiger partial charge on any atom is 0.303 e. The highest BCUT2D eigenvalue weighted by atomic mass is 35.5. The van der Waals surface area contributed by atoms with Gasteiger partial charge in [-0.2, -0.15) is 0 Å². The molecule has 1 saturated heterocycles. The van der Waals surface area contributed by atoms with Crippen molar-refractivity contribution in [2.24, 2.45) is 5.92 Å². The number of halogens is 1. The Morgan fingerprint density at radius 2 is 2.29 bits per heavy atom. The summed E-state index contributed by atoms with van der Waals surface area (Å²) in [6, 6.07) is 4.65. The highest BCUT2D eigenvalue weighted by molar-refractivity contribution is 6.31. The number of likely N-dealkylation sites (tertiary alicyclic amines) is 1. The van der Waals surface area contributed by atoms with Gasteiger partial charge in [0.15, 0.2) is 0 Å². The molecule has 0 amide bonds. The maximum atomic E-state index is 11.1. The predicted octanol–water partition coefficient (Wildman–Crippen LogP) is 2.93. The molecule has 114 valence electrons. The van der Waals surface area contributed by atoms with E-state index in [0.29, 0.717) is 23.7 Å². The molecule has 1 N–H and O–H groups in total. The molecule has 1 aliphatic heterocycles. The van der Waals surface area contributed by atoms with Crippen LogP contribution in [0.4, 0.5) is 5.69 Å². The summed E-state index contributed by atoms with van der Waals surface area (Å²) in [5.74, 6) is -0.705. The van der Waals surface area contributed by atoms with Gasteiger partial charge in [0, 0.05) is 25.6 Å². The molecule has 1 heterocycles. The van der Waals surface area contributed by atoms with E-state index in [1.165, 1.54) is 6.07 Å². The molecule has 1 unspecified atom stereocenters. The lowest BCUT2D eigenvalue weighted by Gasteiger charge is -2.32. The minimum absolute atomic E-state index is 0.0165. The molecule has 0 bridgehead atoms. The van der Waals surface area contributed by atoms with Crippen LogP contribution in [0.5, 0.6) is 0 Å². The third kappa shape index (κ3) is 4.15. The molecule has 0 radical (unpaired) electrons. The summed E-state index contributed by atoms with van der Waals surface area (Å²) < 4.78 is 0. The second kappa shape index (κ2) is 6.87. The van der Waals surface area contributed by atoms with Crippen LogP contribution in [0.25, 0.3) is 0 Å². The van der Waals surface area contributed by atoms with E-state index < -0.39 is 10.9 Å². The topological polar surface area (TPSA) is 83.7 Å². The second-order valence-electron chi connectivity index (χ2n) is 5.34. The molecule has 1 aliphatic rings. The molecule has 1 atom stereocenters. The summed E-state index contributed by atoms with van der Waals surface area (Å²) in [4.78, 5) is 23.5. The lowest BCUT2D eigenvalue weighted by Crippen LogP contribution is -2.36. The fourth-order valence-corrected chi connectivity index (χ4v) is 3.04. The number of nitro groups is 1. The zero-order valence-corrected chi connectivity index (χ0v) is 12.3. The van der Waals surface area contributed by atoms with Crippen molar-refractivity contribution in [3.8, 4) is 0 Å². The Balaban J connectivity index is 2.11. The first-order chi connectivity index (χ1) is 9.97. The Morgan fingerprint density at radius 1 is 1.52 bits per heavy atom. The average Bonchev–Trinajstić information content (AvgIpc) is 2.40. The largest absolute Gasteiger partial charge is 0.481 e. The first kappa shape index (κ1) is 15.7. The van der Waals surface area contributed by atoms with Crippen LogP contribution in [-0.4, -0.2) is 34.0 Å². The molecule has 0 aliphatic carbocycles. The minimum atomic E-state index is -0.800. The SMILES string of the molecule is O=C(O)CC1CCCN(Cc2c(Cl)cccc2[N+](=O)[O-])C1. The zero-order valence-electron chi connectivity index (χ0n) is 11.5. The standard InChI is InChI=1S/C14H17ClN2O4/c15-12-4-1-5-13(17(20)21)11(12)9-16-6-2-3-10(8-16)7-14(18)19/h1,4-5,10H,2-3,6-9H2,(H,18,19). The van der Waals surface area contributed by atoms with Crippen LogP contribution in [0, 0.1) is 16.0 Å². The van der Waals surface area contributed by atoms with Gasteiger partial charge in [-0.3, -0.25) is 19.8 Å². The monoisotopic (exact) mass is 312 g/mol. The van der Waals surface area contributed by atoms with E-state index >= 15 is 0 Å². The van der Waals surface area contributed by atoms with E-state index in [1.54, 1.807) is 12.1 Å². The quantitative estimate of drug-likeness (QED) is 0.667. The van der Waals surface area contributed by atoms with Crippen molar-refractivity contribution in [3.63, 3.8) is 0 Å². The van der Waals surface area contributed by atoms with Gasteiger partial charge in [-0.15, -0.1) is 0 Å². The average molecular weight is 313 g/mol. The first-order valence-electron chi connectivity index (χ1n) is 6.83. The van der Waals surface area contributed by atoms with Crippen molar-refractivity contribution in [3.05, 3.63) is 38.9 Å². The number of nitro benzene ring substituents is 1. The fraction of sp³-hybridized carbons (Fsp3) is 0.500. The first-order valence-corrected chi connectivity index (χ1v) is 7.21. The van der Waals surface area contributed by atoms with Gasteiger partial charge >= 0.3 is 5.97 Å². The molecule has 1 fully saturated rings. The van der Waals surface area contributed by atoms with Crippen LogP contribution < -0.4 is 0 Å². The van der Waals surface area contributed by atoms with Gasteiger partial charge in [-0.05, 0) is 31.4 Å². The number of carbonyl (C=O) groups is 1. The molecule has 1 aromatic carbocycles. The van der Waals surface area contributed by atoms with Crippen LogP contribution >= 0.6 is 11.6 Å². The number of hydrogen-bond donors (Lipinski definition) is 1. The van der Waals surface area contributed by atoms with E-state index in [-0.39, 0.29) is 18.0 Å². The van der Waals surface area contributed by atoms with E-state index in [1.807, 2.05) is 4.90 Å². The molecule has 0 saturated carbocycles. The summed E-state index contributed by atoms with van der Waals surface area (Å²) in [5.41, 5.74) is 0.517. The van der Waals surface area contributed by atoms with Crippen LogP contribution in [0.15, 0.2) is 18.2 Å². The number of carboxylic acids is 1. The van der Waals surface area contributed by atoms with Gasteiger partial charge < -0.3 is 5.11 Å². The Kier molecular flexibility index (Phi) is 5.14. The minimum Gasteiger partial charge on any atom is -0.481 e. The maximum absolute atomic E-state index is 11.1. The zero-order chi connectivity index (χ0) is 15.4. The number of rotatable bonds is 5. The number of nitrogens with zero attached hydrogens (tertiary/aromatic N) is 2. The van der Waals surface area contributed by atoms with Crippen molar-refractivity contribution in [1.82, 2.24) is 4.90 Å². The van der Waals surface area contributed by atoms with Crippen LogP contribution in [0.1, 0.15) is 24.8 Å². The van der Waals surface area contributed by atoms with Crippen LogP contribution in [0.3, 0.4) is 0 Å². The van der Waals surface area contributed by atoms with Gasteiger partial charge in [0.1, 0.15) is 0 Å². The normalized spacial score (nSPS) is 19.4. The number of carboxylic acid groups (broad SMARTS) is 1. The van der Waals surface area contributed by atoms with Crippen molar-refractivity contribution in [2.75, 3.05) is 13.1 Å². The van der Waals surface area contributed by atoms with Crippen molar-refractivity contribution >= 4 is 23.3 Å². The highest BCUT2D eigenvalue weighted by Crippen LogP contribution is 2.29. The number of hydrogen-bond acceptors (Lipinski definition) is 4.